The van der Waals surface area contributed by atoms with Gasteiger partial charge in [-0.15, -0.1) is 0 Å². The van der Waals surface area contributed by atoms with E-state index in [1.807, 2.05) is 7.11 Å². The zero-order valence-electron chi connectivity index (χ0n) is 21.3. The first kappa shape index (κ1) is 23.4. The Balaban J connectivity index is 1.57. The van der Waals surface area contributed by atoms with Crippen LogP contribution in [0.1, 0.15) is 112 Å². The fraction of sp³-hybridized carbons (Fsp3) is 0.862. The van der Waals surface area contributed by atoms with Crippen molar-refractivity contribution in [1.82, 2.24) is 0 Å². The topological polar surface area (TPSA) is 18.5 Å². The molecule has 4 aliphatic rings. The molecule has 0 aromatic heterocycles. The Bertz CT molecular complexity index is 702. The molecule has 31 heavy (non-hydrogen) atoms. The Morgan fingerprint density at radius 1 is 1.06 bits per heavy atom. The van der Waals surface area contributed by atoms with Gasteiger partial charge in [0.15, 0.2) is 0 Å². The molecule has 2 aliphatic heterocycles. The molecule has 3 fully saturated rings. The van der Waals surface area contributed by atoms with Crippen molar-refractivity contribution in [2.75, 3.05) is 7.11 Å². The predicted octanol–water partition coefficient (Wildman–Crippen LogP) is 8.43. The number of rotatable bonds is 7. The molecule has 2 heteroatoms. The van der Waals surface area contributed by atoms with E-state index in [0.29, 0.717) is 17.4 Å². The number of methoxy groups -OCH3 is 1. The van der Waals surface area contributed by atoms with Crippen LogP contribution in [0.3, 0.4) is 0 Å². The number of hydrogen-bond donors (Lipinski definition) is 0. The van der Waals surface area contributed by atoms with Crippen LogP contribution in [0.25, 0.3) is 0 Å². The van der Waals surface area contributed by atoms with Crippen molar-refractivity contribution in [3.8, 4) is 0 Å². The van der Waals surface area contributed by atoms with Gasteiger partial charge in [0.1, 0.15) is 11.5 Å². The molecule has 0 aromatic carbocycles. The maximum Gasteiger partial charge on any atom is 0.106 e. The smallest absolute Gasteiger partial charge is 0.106 e. The lowest BCUT2D eigenvalue weighted by atomic mass is 9.62. The van der Waals surface area contributed by atoms with E-state index < -0.39 is 0 Å². The van der Waals surface area contributed by atoms with Crippen LogP contribution in [0, 0.1) is 34.5 Å². The van der Waals surface area contributed by atoms with Crippen LogP contribution in [0.4, 0.5) is 0 Å². The highest BCUT2D eigenvalue weighted by Gasteiger charge is 2.51. The maximum atomic E-state index is 6.85. The van der Waals surface area contributed by atoms with Crippen molar-refractivity contribution in [2.24, 2.45) is 34.5 Å². The van der Waals surface area contributed by atoms with Crippen molar-refractivity contribution in [1.29, 1.82) is 0 Å². The summed E-state index contributed by atoms with van der Waals surface area (Å²) < 4.78 is 12.6. The minimum Gasteiger partial charge on any atom is -0.466 e. The maximum absolute atomic E-state index is 6.85. The molecule has 1 saturated heterocycles. The first-order valence-electron chi connectivity index (χ1n) is 13.5. The van der Waals surface area contributed by atoms with Crippen LogP contribution in [-0.4, -0.2) is 13.2 Å². The van der Waals surface area contributed by atoms with Crippen LogP contribution < -0.4 is 0 Å². The van der Waals surface area contributed by atoms with E-state index in [4.69, 9.17) is 9.47 Å². The lowest BCUT2D eigenvalue weighted by Gasteiger charge is -2.43. The summed E-state index contributed by atoms with van der Waals surface area (Å²) in [5.41, 5.74) is 2.18. The minimum atomic E-state index is 0.197. The van der Waals surface area contributed by atoms with E-state index >= 15 is 0 Å². The van der Waals surface area contributed by atoms with Gasteiger partial charge in [0, 0.05) is 18.9 Å². The van der Waals surface area contributed by atoms with Crippen LogP contribution in [0.15, 0.2) is 23.2 Å². The number of allylic oxidation sites excluding steroid dienone is 4. The van der Waals surface area contributed by atoms with Crippen LogP contribution >= 0.6 is 0 Å². The second-order valence-electron chi connectivity index (χ2n) is 11.9. The van der Waals surface area contributed by atoms with E-state index in [2.05, 4.69) is 40.7 Å². The first-order valence-corrected chi connectivity index (χ1v) is 13.5. The molecule has 2 aliphatic carbocycles. The van der Waals surface area contributed by atoms with Gasteiger partial charge in [0.05, 0.1) is 6.10 Å². The summed E-state index contributed by atoms with van der Waals surface area (Å²) in [5, 5.41) is 0. The molecule has 6 atom stereocenters. The van der Waals surface area contributed by atoms with Crippen LogP contribution in [0.5, 0.6) is 0 Å². The molecule has 2 saturated carbocycles. The zero-order valence-corrected chi connectivity index (χ0v) is 21.3. The van der Waals surface area contributed by atoms with Gasteiger partial charge in [-0.25, -0.2) is 0 Å². The third kappa shape index (κ3) is 4.16. The Morgan fingerprint density at radius 2 is 1.84 bits per heavy atom. The summed E-state index contributed by atoms with van der Waals surface area (Å²) >= 11 is 0. The molecule has 2 heterocycles. The van der Waals surface area contributed by atoms with Crippen LogP contribution in [-0.2, 0) is 9.47 Å². The van der Waals surface area contributed by atoms with Gasteiger partial charge in [-0.2, -0.15) is 0 Å². The van der Waals surface area contributed by atoms with E-state index in [9.17, 15) is 0 Å². The first-order chi connectivity index (χ1) is 14.9. The van der Waals surface area contributed by atoms with Gasteiger partial charge in [0.2, 0.25) is 0 Å². The SMILES string of the molecule is CCC(CC)CCC(C)C1CCC2=C3CCC4C[C@@H](OC)CC[C@]4(C)C(=CC[C@@]21C)O3. The second-order valence-corrected chi connectivity index (χ2v) is 11.9. The third-order valence-corrected chi connectivity index (χ3v) is 10.4. The van der Waals surface area contributed by atoms with Crippen molar-refractivity contribution >= 4 is 0 Å². The summed E-state index contributed by atoms with van der Waals surface area (Å²) in [7, 11) is 1.89. The molecule has 2 nitrogen and oxygen atoms in total. The predicted molar refractivity (Wildman–Crippen MR) is 130 cm³/mol. The zero-order chi connectivity index (χ0) is 22.2. The Labute approximate surface area is 192 Å². The highest BCUT2D eigenvalue weighted by Crippen LogP contribution is 2.60. The molecular formula is C29H48O2. The van der Waals surface area contributed by atoms with Crippen molar-refractivity contribution < 1.29 is 9.47 Å². The van der Waals surface area contributed by atoms with Crippen LogP contribution in [0.2, 0.25) is 0 Å². The third-order valence-electron chi connectivity index (χ3n) is 10.4. The summed E-state index contributed by atoms with van der Waals surface area (Å²) in [6, 6.07) is 0. The number of ether oxygens (including phenoxy) is 2. The number of fused-ring (bicyclic) bond motifs is 5. The van der Waals surface area contributed by atoms with E-state index in [1.165, 1.54) is 82.1 Å². The molecule has 3 unspecified atom stereocenters. The molecular weight excluding hydrogens is 380 g/mol. The lowest BCUT2D eigenvalue weighted by molar-refractivity contribution is -0.00603. The monoisotopic (exact) mass is 428 g/mol. The van der Waals surface area contributed by atoms with Gasteiger partial charge in [-0.3, -0.25) is 0 Å². The van der Waals surface area contributed by atoms with Gasteiger partial charge >= 0.3 is 0 Å². The summed E-state index contributed by atoms with van der Waals surface area (Å²) in [5.74, 6) is 5.89. The molecule has 0 amide bonds. The highest BCUT2D eigenvalue weighted by molar-refractivity contribution is 5.32. The Morgan fingerprint density at radius 3 is 2.55 bits per heavy atom. The van der Waals surface area contributed by atoms with Crippen molar-refractivity contribution in [2.45, 2.75) is 118 Å². The fourth-order valence-electron chi connectivity index (χ4n) is 7.90. The average molecular weight is 429 g/mol. The van der Waals surface area contributed by atoms with E-state index in [-0.39, 0.29) is 5.41 Å². The lowest BCUT2D eigenvalue weighted by Crippen LogP contribution is -2.38. The normalized spacial score (nSPS) is 38.7. The van der Waals surface area contributed by atoms with Gasteiger partial charge in [0.25, 0.3) is 0 Å². The molecule has 2 bridgehead atoms. The molecule has 0 radical (unpaired) electrons. The summed E-state index contributed by atoms with van der Waals surface area (Å²) in [6.07, 6.45) is 18.2. The van der Waals surface area contributed by atoms with E-state index in [0.717, 1.165) is 24.2 Å². The molecule has 0 aromatic rings. The molecule has 4 rings (SSSR count). The van der Waals surface area contributed by atoms with Gasteiger partial charge in [-0.05, 0) is 85.7 Å². The second kappa shape index (κ2) is 9.24. The Kier molecular flexibility index (Phi) is 6.97. The van der Waals surface area contributed by atoms with Gasteiger partial charge < -0.3 is 9.47 Å². The summed E-state index contributed by atoms with van der Waals surface area (Å²) in [4.78, 5) is 0. The largest absolute Gasteiger partial charge is 0.466 e. The summed E-state index contributed by atoms with van der Waals surface area (Å²) in [6.45, 7) is 12.4. The number of hydrogen-bond acceptors (Lipinski definition) is 2. The fourth-order valence-corrected chi connectivity index (χ4v) is 7.90. The Hall–Kier alpha value is -0.760. The van der Waals surface area contributed by atoms with Gasteiger partial charge in [-0.1, -0.05) is 60.3 Å². The molecule has 176 valence electrons. The highest BCUT2D eigenvalue weighted by atomic mass is 16.5. The standard InChI is InChI=1S/C29H48O2/c1-7-21(8-2)10-9-20(3)24-12-13-25-26-14-11-22-19-23(30-6)15-17-28(22,4)27(31-26)16-18-29(24,25)5/h16,20-24H,7-15,17-19H2,1-6H3/t20?,22?,23-,24?,28-,29+/m0/s1. The minimum absolute atomic E-state index is 0.197. The van der Waals surface area contributed by atoms with Crippen molar-refractivity contribution in [3.63, 3.8) is 0 Å². The van der Waals surface area contributed by atoms with E-state index in [1.54, 1.807) is 5.57 Å². The quantitative estimate of drug-likeness (QED) is 0.405. The molecule has 0 N–H and O–H groups in total. The van der Waals surface area contributed by atoms with Crippen molar-refractivity contribution in [3.05, 3.63) is 23.2 Å². The molecule has 0 spiro atoms. The average Bonchev–Trinajstić information content (AvgIpc) is 2.95.